The monoisotopic (exact) mass is 114 g/mol. The molecule has 0 heterocycles. The molecule has 0 rings (SSSR count). The zero-order valence-corrected chi connectivity index (χ0v) is 4.80. The molecule has 38 valence electrons. The normalized spacial score (nSPS) is 5.86. The first-order chi connectivity index (χ1) is 3.27. The highest BCUT2D eigenvalue weighted by Crippen LogP contribution is 1.59. The van der Waals surface area contributed by atoms with Crippen LogP contribution in [0.3, 0.4) is 0 Å². The highest BCUT2D eigenvalue weighted by Gasteiger charge is 1.71. The van der Waals surface area contributed by atoms with Crippen LogP contribution in [0.5, 0.6) is 0 Å². The van der Waals surface area contributed by atoms with E-state index >= 15 is 0 Å². The summed E-state index contributed by atoms with van der Waals surface area (Å²) in [5, 5.41) is 2.54. The molecule has 0 bridgehead atoms. The smallest absolute Gasteiger partial charge is 0.0837 e. The molecule has 0 atom stereocenters. The zero-order valence-electron chi connectivity index (χ0n) is 3.99. The summed E-state index contributed by atoms with van der Waals surface area (Å²) in [5.74, 6) is 0. The van der Waals surface area contributed by atoms with Crippen molar-refractivity contribution >= 4 is 17.2 Å². The fourth-order valence-electron chi connectivity index (χ4n) is 0.124. The van der Waals surface area contributed by atoms with Crippen LogP contribution in [0, 0.1) is 12.1 Å². The van der Waals surface area contributed by atoms with Crippen molar-refractivity contribution in [1.82, 2.24) is 5.32 Å². The Balaban J connectivity index is 3.26. The second-order valence-corrected chi connectivity index (χ2v) is 1.56. The molecule has 0 aromatic rings. The fourth-order valence-corrected chi connectivity index (χ4v) is 0.175. The van der Waals surface area contributed by atoms with E-state index in [9.17, 15) is 0 Å². The second kappa shape index (κ2) is 3.44. The first kappa shape index (κ1) is 6.25. The van der Waals surface area contributed by atoms with Gasteiger partial charge in [0.1, 0.15) is 0 Å². The Morgan fingerprint density at radius 2 is 2.43 bits per heavy atom. The van der Waals surface area contributed by atoms with Crippen LogP contribution in [-0.2, 0) is 0 Å². The molecule has 0 spiro atoms. The maximum atomic E-state index is 4.79. The molecule has 0 aliphatic carbocycles. The van der Waals surface area contributed by atoms with E-state index in [1.807, 2.05) is 0 Å². The average Bonchev–Trinajstić information content (AvgIpc) is 1.61. The highest BCUT2D eigenvalue weighted by molar-refractivity contribution is 7.80. The summed E-state index contributed by atoms with van der Waals surface area (Å²) in [6.07, 6.45) is 0. The molecule has 0 aromatic carbocycles. The molecule has 3 heteroatoms. The molecule has 0 saturated carbocycles. The molecule has 7 heavy (non-hydrogen) atoms. The lowest BCUT2D eigenvalue weighted by atomic mass is 10.7. The summed E-state index contributed by atoms with van der Waals surface area (Å²) in [7, 11) is 0. The Labute approximate surface area is 48.1 Å². The number of rotatable bonds is 0. The SMILES string of the molecule is CC(=S)NC#CN. The van der Waals surface area contributed by atoms with Crippen molar-refractivity contribution in [3.05, 3.63) is 0 Å². The Morgan fingerprint density at radius 1 is 1.86 bits per heavy atom. The lowest BCUT2D eigenvalue weighted by Crippen LogP contribution is -2.10. The predicted molar refractivity (Wildman–Crippen MR) is 33.4 cm³/mol. The topological polar surface area (TPSA) is 38.0 Å². The van der Waals surface area contributed by atoms with Crippen molar-refractivity contribution < 1.29 is 0 Å². The Hall–Kier alpha value is -0.750. The van der Waals surface area contributed by atoms with Crippen LogP contribution in [-0.4, -0.2) is 4.99 Å². The molecule has 0 aromatic heterocycles. The maximum absolute atomic E-state index is 4.79. The second-order valence-electron chi connectivity index (χ2n) is 0.951. The van der Waals surface area contributed by atoms with Gasteiger partial charge >= 0.3 is 0 Å². The lowest BCUT2D eigenvalue weighted by Gasteiger charge is -1.84. The van der Waals surface area contributed by atoms with Gasteiger partial charge in [0.15, 0.2) is 0 Å². The van der Waals surface area contributed by atoms with E-state index in [0.29, 0.717) is 4.99 Å². The Bertz CT molecular complexity index is 119. The van der Waals surface area contributed by atoms with Crippen LogP contribution >= 0.6 is 12.2 Å². The minimum Gasteiger partial charge on any atom is -0.358 e. The van der Waals surface area contributed by atoms with Gasteiger partial charge in [-0.3, -0.25) is 0 Å². The van der Waals surface area contributed by atoms with Crippen LogP contribution in [0.4, 0.5) is 0 Å². The molecule has 0 aliphatic rings. The number of nitrogens with one attached hydrogen (secondary N) is 1. The van der Waals surface area contributed by atoms with Crippen molar-refractivity contribution in [2.45, 2.75) is 6.92 Å². The predicted octanol–water partition coefficient (Wildman–Crippen LogP) is -0.200. The third-order valence-electron chi connectivity index (χ3n) is 0.311. The van der Waals surface area contributed by atoms with E-state index in [0.717, 1.165) is 0 Å². The van der Waals surface area contributed by atoms with Crippen molar-refractivity contribution in [3.8, 4) is 12.1 Å². The standard InChI is InChI=1S/C4H6N2S/c1-4(7)6-3-2-5/h5H2,1H3,(H,6,7). The molecule has 0 amide bonds. The van der Waals surface area contributed by atoms with Gasteiger partial charge < -0.3 is 11.1 Å². The molecule has 0 radical (unpaired) electrons. The van der Waals surface area contributed by atoms with Crippen molar-refractivity contribution in [3.63, 3.8) is 0 Å². The van der Waals surface area contributed by atoms with E-state index in [1.165, 1.54) is 0 Å². The molecular formula is C4H6N2S. The van der Waals surface area contributed by atoms with E-state index in [4.69, 9.17) is 5.73 Å². The average molecular weight is 114 g/mol. The molecule has 3 N–H and O–H groups in total. The third kappa shape index (κ3) is 5.25. The summed E-state index contributed by atoms with van der Waals surface area (Å²) < 4.78 is 0. The summed E-state index contributed by atoms with van der Waals surface area (Å²) in [6, 6.07) is 4.53. The van der Waals surface area contributed by atoms with Crippen LogP contribution in [0.25, 0.3) is 0 Å². The van der Waals surface area contributed by atoms with Crippen LogP contribution in [0.15, 0.2) is 0 Å². The number of nitrogens with two attached hydrogens (primary N) is 1. The van der Waals surface area contributed by atoms with E-state index < -0.39 is 0 Å². The van der Waals surface area contributed by atoms with Gasteiger partial charge in [-0.2, -0.15) is 0 Å². The van der Waals surface area contributed by atoms with Crippen LogP contribution in [0.2, 0.25) is 0 Å². The molecule has 0 saturated heterocycles. The Morgan fingerprint density at radius 3 is 2.57 bits per heavy atom. The Kier molecular flexibility index (Phi) is 3.07. The quantitative estimate of drug-likeness (QED) is 0.260. The fraction of sp³-hybridized carbons (Fsp3) is 0.250. The largest absolute Gasteiger partial charge is 0.358 e. The first-order valence-corrected chi connectivity index (χ1v) is 2.15. The van der Waals surface area contributed by atoms with Crippen molar-refractivity contribution in [2.75, 3.05) is 0 Å². The van der Waals surface area contributed by atoms with Gasteiger partial charge in [0, 0.05) is 12.1 Å². The highest BCUT2D eigenvalue weighted by atomic mass is 32.1. The van der Waals surface area contributed by atoms with Gasteiger partial charge in [-0.1, -0.05) is 12.2 Å². The number of hydrogen-bond acceptors (Lipinski definition) is 2. The van der Waals surface area contributed by atoms with Crippen molar-refractivity contribution in [1.29, 1.82) is 0 Å². The minimum atomic E-state index is 0.637. The van der Waals surface area contributed by atoms with Crippen LogP contribution < -0.4 is 11.1 Å². The van der Waals surface area contributed by atoms with Crippen molar-refractivity contribution in [2.24, 2.45) is 5.73 Å². The zero-order chi connectivity index (χ0) is 5.70. The first-order valence-electron chi connectivity index (χ1n) is 1.74. The van der Waals surface area contributed by atoms with Gasteiger partial charge in [0.2, 0.25) is 0 Å². The van der Waals surface area contributed by atoms with Gasteiger partial charge in [-0.05, 0) is 6.92 Å². The van der Waals surface area contributed by atoms with Gasteiger partial charge in [-0.25, -0.2) is 0 Å². The molecule has 0 unspecified atom stereocenters. The molecule has 0 aliphatic heterocycles. The van der Waals surface area contributed by atoms with E-state index in [2.05, 4.69) is 29.6 Å². The summed E-state index contributed by atoms with van der Waals surface area (Å²) >= 11 is 4.59. The summed E-state index contributed by atoms with van der Waals surface area (Å²) in [4.78, 5) is 0.637. The van der Waals surface area contributed by atoms with E-state index in [-0.39, 0.29) is 0 Å². The lowest BCUT2D eigenvalue weighted by molar-refractivity contribution is 1.36. The molecular weight excluding hydrogens is 108 g/mol. The summed E-state index contributed by atoms with van der Waals surface area (Å²) in [6.45, 7) is 1.74. The summed E-state index contributed by atoms with van der Waals surface area (Å²) in [5.41, 5.74) is 4.79. The minimum absolute atomic E-state index is 0.637. The maximum Gasteiger partial charge on any atom is 0.0837 e. The molecule has 0 fully saturated rings. The number of hydrogen-bond donors (Lipinski definition) is 2. The van der Waals surface area contributed by atoms with E-state index in [1.54, 1.807) is 6.92 Å². The van der Waals surface area contributed by atoms with Crippen LogP contribution in [0.1, 0.15) is 6.92 Å². The van der Waals surface area contributed by atoms with Gasteiger partial charge in [0.25, 0.3) is 0 Å². The van der Waals surface area contributed by atoms with Gasteiger partial charge in [-0.15, -0.1) is 0 Å². The van der Waals surface area contributed by atoms with Gasteiger partial charge in [0.05, 0.1) is 4.99 Å². The third-order valence-corrected chi connectivity index (χ3v) is 0.413. The number of thiocarbonyl (C=S) groups is 1. The molecule has 2 nitrogen and oxygen atoms in total.